The summed E-state index contributed by atoms with van der Waals surface area (Å²) in [6.45, 7) is 4.24. The van der Waals surface area contributed by atoms with E-state index in [0.717, 1.165) is 12.1 Å². The van der Waals surface area contributed by atoms with E-state index in [1.54, 1.807) is 14.0 Å². The SMILES string of the molecule is CCOC(=O)C(N)(CCN(C)CCOC)c1ccccc1. The van der Waals surface area contributed by atoms with E-state index in [-0.39, 0.29) is 5.97 Å². The van der Waals surface area contributed by atoms with Gasteiger partial charge in [0.15, 0.2) is 0 Å². The van der Waals surface area contributed by atoms with Crippen LogP contribution in [-0.2, 0) is 19.8 Å². The van der Waals surface area contributed by atoms with Crippen molar-refractivity contribution >= 4 is 5.97 Å². The van der Waals surface area contributed by atoms with Gasteiger partial charge in [-0.3, -0.25) is 0 Å². The van der Waals surface area contributed by atoms with Gasteiger partial charge >= 0.3 is 5.97 Å². The molecule has 0 saturated carbocycles. The van der Waals surface area contributed by atoms with Crippen molar-refractivity contribution in [3.63, 3.8) is 0 Å². The zero-order valence-electron chi connectivity index (χ0n) is 13.2. The topological polar surface area (TPSA) is 64.8 Å². The van der Waals surface area contributed by atoms with Crippen LogP contribution in [0.1, 0.15) is 18.9 Å². The number of carbonyl (C=O) groups excluding carboxylic acids is 1. The highest BCUT2D eigenvalue weighted by Gasteiger charge is 2.37. The predicted molar refractivity (Wildman–Crippen MR) is 82.9 cm³/mol. The van der Waals surface area contributed by atoms with E-state index in [9.17, 15) is 4.79 Å². The Morgan fingerprint density at radius 1 is 1.29 bits per heavy atom. The molecule has 5 heteroatoms. The second-order valence-electron chi connectivity index (χ2n) is 5.10. The summed E-state index contributed by atoms with van der Waals surface area (Å²) in [5.74, 6) is -0.378. The standard InChI is InChI=1S/C16H26N2O3/c1-4-21-15(19)16(17,14-8-6-5-7-9-14)10-11-18(2)12-13-20-3/h5-9H,4,10-13,17H2,1-3H3. The largest absolute Gasteiger partial charge is 0.464 e. The van der Waals surface area contributed by atoms with Crippen molar-refractivity contribution in [2.24, 2.45) is 5.73 Å². The fraction of sp³-hybridized carbons (Fsp3) is 0.562. The molecular formula is C16H26N2O3. The van der Waals surface area contributed by atoms with Crippen LogP contribution in [0.25, 0.3) is 0 Å². The van der Waals surface area contributed by atoms with Gasteiger partial charge in [0.25, 0.3) is 0 Å². The first-order valence-corrected chi connectivity index (χ1v) is 7.23. The lowest BCUT2D eigenvalue weighted by atomic mass is 9.87. The van der Waals surface area contributed by atoms with Gasteiger partial charge in [0.2, 0.25) is 0 Å². The van der Waals surface area contributed by atoms with Crippen molar-refractivity contribution in [3.8, 4) is 0 Å². The number of hydrogen-bond donors (Lipinski definition) is 1. The van der Waals surface area contributed by atoms with Gasteiger partial charge in [0, 0.05) is 20.2 Å². The average Bonchev–Trinajstić information content (AvgIpc) is 2.51. The predicted octanol–water partition coefficient (Wildman–Crippen LogP) is 1.37. The van der Waals surface area contributed by atoms with Crippen LogP contribution in [0.15, 0.2) is 30.3 Å². The summed E-state index contributed by atoms with van der Waals surface area (Å²) < 4.78 is 10.2. The number of nitrogens with two attached hydrogens (primary N) is 1. The molecule has 0 radical (unpaired) electrons. The molecule has 0 aromatic heterocycles. The monoisotopic (exact) mass is 294 g/mol. The summed E-state index contributed by atoms with van der Waals surface area (Å²) >= 11 is 0. The van der Waals surface area contributed by atoms with Crippen LogP contribution in [0.3, 0.4) is 0 Å². The third kappa shape index (κ3) is 5.12. The first kappa shape index (κ1) is 17.6. The third-order valence-electron chi connectivity index (χ3n) is 3.49. The van der Waals surface area contributed by atoms with Gasteiger partial charge in [-0.05, 0) is 26.0 Å². The van der Waals surface area contributed by atoms with Crippen molar-refractivity contribution in [3.05, 3.63) is 35.9 Å². The number of carbonyl (C=O) groups is 1. The third-order valence-corrected chi connectivity index (χ3v) is 3.49. The summed E-state index contributed by atoms with van der Waals surface area (Å²) in [6.07, 6.45) is 0.496. The molecule has 21 heavy (non-hydrogen) atoms. The van der Waals surface area contributed by atoms with Crippen LogP contribution in [0.5, 0.6) is 0 Å². The number of likely N-dealkylation sites (N-methyl/N-ethyl adjacent to an activating group) is 1. The van der Waals surface area contributed by atoms with Crippen LogP contribution in [0.4, 0.5) is 0 Å². The first-order chi connectivity index (χ1) is 10.0. The Balaban J connectivity index is 2.81. The Morgan fingerprint density at radius 3 is 2.52 bits per heavy atom. The number of methoxy groups -OCH3 is 1. The molecule has 1 unspecified atom stereocenters. The van der Waals surface area contributed by atoms with Gasteiger partial charge in [0.1, 0.15) is 5.54 Å². The molecule has 0 amide bonds. The molecule has 0 aliphatic rings. The number of rotatable bonds is 9. The van der Waals surface area contributed by atoms with Crippen LogP contribution in [0.2, 0.25) is 0 Å². The highest BCUT2D eigenvalue weighted by Crippen LogP contribution is 2.24. The fourth-order valence-electron chi connectivity index (χ4n) is 2.09. The van der Waals surface area contributed by atoms with E-state index in [1.807, 2.05) is 37.4 Å². The van der Waals surface area contributed by atoms with E-state index < -0.39 is 5.54 Å². The lowest BCUT2D eigenvalue weighted by molar-refractivity contribution is -0.150. The normalized spacial score (nSPS) is 14.0. The number of nitrogens with zero attached hydrogens (tertiary/aromatic N) is 1. The minimum Gasteiger partial charge on any atom is -0.464 e. The van der Waals surface area contributed by atoms with E-state index in [2.05, 4.69) is 4.90 Å². The Morgan fingerprint density at radius 2 is 1.95 bits per heavy atom. The Labute approximate surface area is 127 Å². The molecule has 1 aromatic rings. The van der Waals surface area contributed by atoms with Gasteiger partial charge < -0.3 is 20.1 Å². The highest BCUT2D eigenvalue weighted by atomic mass is 16.5. The van der Waals surface area contributed by atoms with Gasteiger partial charge in [-0.25, -0.2) is 4.79 Å². The molecule has 1 rings (SSSR count). The minimum absolute atomic E-state index is 0.324. The van der Waals surface area contributed by atoms with Gasteiger partial charge in [-0.2, -0.15) is 0 Å². The Bertz CT molecular complexity index is 425. The molecule has 0 aliphatic heterocycles. The van der Waals surface area contributed by atoms with Crippen molar-refractivity contribution in [2.45, 2.75) is 18.9 Å². The molecule has 1 aromatic carbocycles. The van der Waals surface area contributed by atoms with Crippen LogP contribution >= 0.6 is 0 Å². The zero-order chi connectivity index (χ0) is 15.7. The molecule has 1 atom stereocenters. The van der Waals surface area contributed by atoms with E-state index in [4.69, 9.17) is 15.2 Å². The Hall–Kier alpha value is -1.43. The van der Waals surface area contributed by atoms with Crippen molar-refractivity contribution in [2.75, 3.05) is 40.5 Å². The van der Waals surface area contributed by atoms with E-state index in [1.165, 1.54) is 0 Å². The quantitative estimate of drug-likeness (QED) is 0.697. The van der Waals surface area contributed by atoms with Crippen LogP contribution < -0.4 is 5.73 Å². The summed E-state index contributed by atoms with van der Waals surface area (Å²) in [4.78, 5) is 14.4. The number of esters is 1. The molecule has 0 heterocycles. The Kier molecular flexibility index (Phi) is 7.36. The maximum absolute atomic E-state index is 12.3. The second-order valence-corrected chi connectivity index (χ2v) is 5.10. The molecule has 2 N–H and O–H groups in total. The molecule has 0 fully saturated rings. The smallest absolute Gasteiger partial charge is 0.330 e. The zero-order valence-corrected chi connectivity index (χ0v) is 13.2. The lowest BCUT2D eigenvalue weighted by Gasteiger charge is -2.29. The van der Waals surface area contributed by atoms with Gasteiger partial charge in [-0.1, -0.05) is 30.3 Å². The maximum atomic E-state index is 12.3. The van der Waals surface area contributed by atoms with Crippen molar-refractivity contribution in [1.29, 1.82) is 0 Å². The molecular weight excluding hydrogens is 268 g/mol. The van der Waals surface area contributed by atoms with Crippen molar-refractivity contribution in [1.82, 2.24) is 4.90 Å². The van der Waals surface area contributed by atoms with Gasteiger partial charge in [0.05, 0.1) is 13.2 Å². The second kappa shape index (κ2) is 8.77. The summed E-state index contributed by atoms with van der Waals surface area (Å²) in [7, 11) is 3.65. The minimum atomic E-state index is -1.11. The van der Waals surface area contributed by atoms with E-state index >= 15 is 0 Å². The average molecular weight is 294 g/mol. The fourth-order valence-corrected chi connectivity index (χ4v) is 2.09. The highest BCUT2D eigenvalue weighted by molar-refractivity contribution is 5.82. The number of ether oxygens (including phenoxy) is 2. The van der Waals surface area contributed by atoms with Gasteiger partial charge in [-0.15, -0.1) is 0 Å². The molecule has 0 aliphatic carbocycles. The van der Waals surface area contributed by atoms with E-state index in [0.29, 0.717) is 26.2 Å². The maximum Gasteiger partial charge on any atom is 0.330 e. The lowest BCUT2D eigenvalue weighted by Crippen LogP contribution is -2.48. The number of hydrogen-bond acceptors (Lipinski definition) is 5. The van der Waals surface area contributed by atoms with Crippen LogP contribution in [-0.4, -0.2) is 51.3 Å². The molecule has 0 saturated heterocycles. The van der Waals surface area contributed by atoms with Crippen LogP contribution in [0, 0.1) is 0 Å². The summed E-state index contributed by atoms with van der Waals surface area (Å²) in [6, 6.07) is 9.40. The number of benzene rings is 1. The molecule has 118 valence electrons. The molecule has 0 spiro atoms. The molecule has 0 bridgehead atoms. The molecule has 5 nitrogen and oxygen atoms in total. The summed E-state index contributed by atoms with van der Waals surface area (Å²) in [5.41, 5.74) is 6.06. The van der Waals surface area contributed by atoms with Crippen molar-refractivity contribution < 1.29 is 14.3 Å². The first-order valence-electron chi connectivity index (χ1n) is 7.23. The summed E-state index contributed by atoms with van der Waals surface area (Å²) in [5, 5.41) is 0.